The molecule has 4 heteroatoms. The molecule has 1 heterocycles. The molecule has 0 spiro atoms. The van der Waals surface area contributed by atoms with Crippen molar-refractivity contribution in [1.29, 1.82) is 5.26 Å². The Morgan fingerprint density at radius 2 is 1.86 bits per heavy atom. The summed E-state index contributed by atoms with van der Waals surface area (Å²) < 4.78 is 0. The highest BCUT2D eigenvalue weighted by atomic mass is 16.1. The highest BCUT2D eigenvalue weighted by molar-refractivity contribution is 5.79. The maximum Gasteiger partial charge on any atom is 0.224 e. The molecule has 2 aromatic rings. The maximum absolute atomic E-state index is 11.9. The van der Waals surface area contributed by atoms with Crippen LogP contribution in [0.25, 0.3) is 0 Å². The summed E-state index contributed by atoms with van der Waals surface area (Å²) in [6, 6.07) is 19.1. The second kappa shape index (κ2) is 8.58. The van der Waals surface area contributed by atoms with Crippen LogP contribution in [0.5, 0.6) is 0 Å². The molecule has 1 amide bonds. The molecule has 1 aliphatic heterocycles. The van der Waals surface area contributed by atoms with Gasteiger partial charge in [0.1, 0.15) is 0 Å². The van der Waals surface area contributed by atoms with Crippen LogP contribution in [0, 0.1) is 17.2 Å². The van der Waals surface area contributed by atoms with E-state index in [1.165, 1.54) is 17.5 Å². The molecule has 2 aromatic carbocycles. The number of amides is 1. The molecule has 1 atom stereocenters. The molecule has 1 unspecified atom stereocenters. The molecule has 1 saturated heterocycles. The first-order valence-electron chi connectivity index (χ1n) is 10.3. The Bertz CT molecular complexity index is 864. The van der Waals surface area contributed by atoms with E-state index < -0.39 is 0 Å². The molecule has 2 fully saturated rings. The Morgan fingerprint density at radius 1 is 1.07 bits per heavy atom. The SMILES string of the molecule is N#Cc1cccc(CN2CCC(Cc3ccc(CC(=O)NC4CC4)cc3)C2)c1. The van der Waals surface area contributed by atoms with E-state index in [0.717, 1.165) is 50.0 Å². The van der Waals surface area contributed by atoms with Crippen molar-refractivity contribution in [2.75, 3.05) is 13.1 Å². The van der Waals surface area contributed by atoms with E-state index in [-0.39, 0.29) is 5.91 Å². The Labute approximate surface area is 167 Å². The Hall–Kier alpha value is -2.64. The molecule has 0 bridgehead atoms. The largest absolute Gasteiger partial charge is 0.353 e. The van der Waals surface area contributed by atoms with Gasteiger partial charge in [0.05, 0.1) is 18.1 Å². The van der Waals surface area contributed by atoms with Crippen LogP contribution < -0.4 is 5.32 Å². The van der Waals surface area contributed by atoms with E-state index in [4.69, 9.17) is 5.26 Å². The smallest absolute Gasteiger partial charge is 0.224 e. The molecule has 144 valence electrons. The van der Waals surface area contributed by atoms with Gasteiger partial charge in [0.25, 0.3) is 0 Å². The first-order valence-corrected chi connectivity index (χ1v) is 10.3. The number of nitriles is 1. The fourth-order valence-corrected chi connectivity index (χ4v) is 4.04. The van der Waals surface area contributed by atoms with Gasteiger partial charge in [-0.2, -0.15) is 5.26 Å². The quantitative estimate of drug-likeness (QED) is 0.809. The van der Waals surface area contributed by atoms with Gasteiger partial charge in [-0.25, -0.2) is 0 Å². The van der Waals surface area contributed by atoms with Crippen molar-refractivity contribution in [3.05, 3.63) is 70.8 Å². The van der Waals surface area contributed by atoms with E-state index in [2.05, 4.69) is 46.6 Å². The number of likely N-dealkylation sites (tertiary alicyclic amines) is 1. The van der Waals surface area contributed by atoms with Gasteiger partial charge in [-0.3, -0.25) is 9.69 Å². The molecule has 2 aliphatic rings. The summed E-state index contributed by atoms with van der Waals surface area (Å²) in [5.74, 6) is 0.810. The van der Waals surface area contributed by atoms with E-state index >= 15 is 0 Å². The van der Waals surface area contributed by atoms with Crippen LogP contribution in [-0.2, 0) is 24.2 Å². The molecular weight excluding hydrogens is 346 g/mol. The predicted molar refractivity (Wildman–Crippen MR) is 110 cm³/mol. The maximum atomic E-state index is 11.9. The van der Waals surface area contributed by atoms with Gasteiger partial charge in [0, 0.05) is 19.1 Å². The van der Waals surface area contributed by atoms with Crippen molar-refractivity contribution in [3.63, 3.8) is 0 Å². The summed E-state index contributed by atoms with van der Waals surface area (Å²) in [5, 5.41) is 12.1. The van der Waals surface area contributed by atoms with E-state index in [1.54, 1.807) is 0 Å². The third-order valence-corrected chi connectivity index (χ3v) is 5.69. The van der Waals surface area contributed by atoms with E-state index in [1.807, 2.05) is 18.2 Å². The highest BCUT2D eigenvalue weighted by Gasteiger charge is 2.24. The summed E-state index contributed by atoms with van der Waals surface area (Å²) in [6.07, 6.45) is 5.04. The number of nitrogens with zero attached hydrogens (tertiary/aromatic N) is 2. The molecule has 1 aliphatic carbocycles. The van der Waals surface area contributed by atoms with Gasteiger partial charge in [0.2, 0.25) is 5.91 Å². The zero-order chi connectivity index (χ0) is 19.3. The van der Waals surface area contributed by atoms with Crippen molar-refractivity contribution in [1.82, 2.24) is 10.2 Å². The van der Waals surface area contributed by atoms with Gasteiger partial charge in [-0.1, -0.05) is 36.4 Å². The fraction of sp³-hybridized carbons (Fsp3) is 0.417. The van der Waals surface area contributed by atoms with Gasteiger partial charge in [-0.15, -0.1) is 0 Å². The van der Waals surface area contributed by atoms with Crippen LogP contribution in [0.3, 0.4) is 0 Å². The van der Waals surface area contributed by atoms with Gasteiger partial charge in [0.15, 0.2) is 0 Å². The first-order chi connectivity index (χ1) is 13.7. The Kier molecular flexibility index (Phi) is 5.73. The summed E-state index contributed by atoms with van der Waals surface area (Å²) >= 11 is 0. The summed E-state index contributed by atoms with van der Waals surface area (Å²) in [6.45, 7) is 3.13. The molecule has 4 rings (SSSR count). The average Bonchev–Trinajstić information content (AvgIpc) is 3.41. The summed E-state index contributed by atoms with van der Waals surface area (Å²) in [4.78, 5) is 14.4. The Morgan fingerprint density at radius 3 is 2.61 bits per heavy atom. The normalized spacial score (nSPS) is 19.3. The van der Waals surface area contributed by atoms with Crippen LogP contribution in [0.15, 0.2) is 48.5 Å². The van der Waals surface area contributed by atoms with Gasteiger partial charge < -0.3 is 5.32 Å². The molecule has 28 heavy (non-hydrogen) atoms. The molecule has 0 aromatic heterocycles. The van der Waals surface area contributed by atoms with Crippen molar-refractivity contribution in [2.24, 2.45) is 5.92 Å². The Balaban J connectivity index is 1.25. The topological polar surface area (TPSA) is 56.1 Å². The minimum atomic E-state index is 0.141. The fourth-order valence-electron chi connectivity index (χ4n) is 4.04. The van der Waals surface area contributed by atoms with Gasteiger partial charge in [-0.05, 0) is 67.0 Å². The number of benzene rings is 2. The lowest BCUT2D eigenvalue weighted by Gasteiger charge is -2.16. The predicted octanol–water partition coefficient (Wildman–Crippen LogP) is 3.44. The number of carbonyl (C=O) groups is 1. The average molecular weight is 374 g/mol. The van der Waals surface area contributed by atoms with Gasteiger partial charge >= 0.3 is 0 Å². The zero-order valence-electron chi connectivity index (χ0n) is 16.2. The third-order valence-electron chi connectivity index (χ3n) is 5.69. The van der Waals surface area contributed by atoms with Crippen LogP contribution in [0.1, 0.15) is 41.5 Å². The number of hydrogen-bond donors (Lipinski definition) is 1. The lowest BCUT2D eigenvalue weighted by Crippen LogP contribution is -2.26. The molecule has 1 saturated carbocycles. The summed E-state index contributed by atoms with van der Waals surface area (Å²) in [7, 11) is 0. The van der Waals surface area contributed by atoms with Crippen molar-refractivity contribution in [3.8, 4) is 6.07 Å². The second-order valence-corrected chi connectivity index (χ2v) is 8.24. The first kappa shape index (κ1) is 18.7. The number of nitrogens with one attached hydrogen (secondary N) is 1. The van der Waals surface area contributed by atoms with Crippen molar-refractivity contribution in [2.45, 2.75) is 44.7 Å². The van der Waals surface area contributed by atoms with Crippen molar-refractivity contribution < 1.29 is 4.79 Å². The minimum absolute atomic E-state index is 0.141. The minimum Gasteiger partial charge on any atom is -0.353 e. The molecule has 1 N–H and O–H groups in total. The van der Waals surface area contributed by atoms with Crippen molar-refractivity contribution >= 4 is 5.91 Å². The number of hydrogen-bond acceptors (Lipinski definition) is 3. The highest BCUT2D eigenvalue weighted by Crippen LogP contribution is 2.23. The molecule has 4 nitrogen and oxygen atoms in total. The molecule has 0 radical (unpaired) electrons. The summed E-state index contributed by atoms with van der Waals surface area (Å²) in [5.41, 5.74) is 4.39. The third kappa shape index (κ3) is 5.21. The number of carbonyl (C=O) groups excluding carboxylic acids is 1. The lowest BCUT2D eigenvalue weighted by molar-refractivity contribution is -0.120. The monoisotopic (exact) mass is 373 g/mol. The van der Waals surface area contributed by atoms with E-state index in [0.29, 0.717) is 18.4 Å². The number of rotatable bonds is 7. The zero-order valence-corrected chi connectivity index (χ0v) is 16.2. The lowest BCUT2D eigenvalue weighted by atomic mass is 9.97. The van der Waals surface area contributed by atoms with Crippen LogP contribution in [0.4, 0.5) is 0 Å². The van der Waals surface area contributed by atoms with Crippen LogP contribution >= 0.6 is 0 Å². The van der Waals surface area contributed by atoms with Crippen LogP contribution in [0.2, 0.25) is 0 Å². The second-order valence-electron chi connectivity index (χ2n) is 8.24. The van der Waals surface area contributed by atoms with Crippen LogP contribution in [-0.4, -0.2) is 29.9 Å². The standard InChI is InChI=1S/C24H27N3O/c25-15-20-2-1-3-21(13-20)16-27-11-10-22(17-27)12-18-4-6-19(7-5-18)14-24(28)26-23-8-9-23/h1-7,13,22-23H,8-12,14,16-17H2,(H,26,28). The molecular formula is C24H27N3O. The van der Waals surface area contributed by atoms with E-state index in [9.17, 15) is 4.79 Å².